The van der Waals surface area contributed by atoms with Crippen molar-refractivity contribution >= 4 is 17.3 Å². The predicted octanol–water partition coefficient (Wildman–Crippen LogP) is 2.61. The quantitative estimate of drug-likeness (QED) is 0.865. The maximum atomic E-state index is 12.1. The Labute approximate surface area is 111 Å². The van der Waals surface area contributed by atoms with Crippen LogP contribution in [0.1, 0.15) is 21.5 Å². The summed E-state index contributed by atoms with van der Waals surface area (Å²) >= 11 is 0. The number of carbonyl (C=O) groups is 1. The Hall–Kier alpha value is -2.36. The van der Waals surface area contributed by atoms with Gasteiger partial charge in [-0.3, -0.25) is 9.78 Å². The molecule has 1 aromatic heterocycles. The second-order valence-corrected chi connectivity index (χ2v) is 4.75. The topological polar surface area (TPSA) is 54.0 Å². The molecule has 0 aliphatic carbocycles. The molecule has 1 aliphatic rings. The van der Waals surface area contributed by atoms with E-state index in [0.29, 0.717) is 5.56 Å². The third-order valence-electron chi connectivity index (χ3n) is 3.21. The highest BCUT2D eigenvalue weighted by Crippen LogP contribution is 2.25. The summed E-state index contributed by atoms with van der Waals surface area (Å²) in [6.07, 6.45) is 4.32. The zero-order valence-corrected chi connectivity index (χ0v) is 10.7. The van der Waals surface area contributed by atoms with Gasteiger partial charge in [-0.15, -0.1) is 0 Å². The van der Waals surface area contributed by atoms with Crippen molar-refractivity contribution in [1.29, 1.82) is 0 Å². The number of amides is 1. The summed E-state index contributed by atoms with van der Waals surface area (Å²) in [6.45, 7) is 2.89. The van der Waals surface area contributed by atoms with E-state index in [2.05, 4.69) is 15.6 Å². The van der Waals surface area contributed by atoms with Crippen molar-refractivity contribution in [1.82, 2.24) is 4.98 Å². The summed E-state index contributed by atoms with van der Waals surface area (Å²) in [5, 5.41) is 6.21. The average molecular weight is 253 g/mol. The van der Waals surface area contributed by atoms with Crippen molar-refractivity contribution in [3.63, 3.8) is 0 Å². The van der Waals surface area contributed by atoms with Crippen molar-refractivity contribution in [3.8, 4) is 0 Å². The maximum absolute atomic E-state index is 12.1. The van der Waals surface area contributed by atoms with E-state index in [0.717, 1.165) is 29.9 Å². The minimum absolute atomic E-state index is 0.123. The average Bonchev–Trinajstić information content (AvgIpc) is 2.86. The fourth-order valence-electron chi connectivity index (χ4n) is 2.26. The van der Waals surface area contributed by atoms with Crippen LogP contribution >= 0.6 is 0 Å². The highest BCUT2D eigenvalue weighted by Gasteiger charge is 2.12. The summed E-state index contributed by atoms with van der Waals surface area (Å²) < 4.78 is 0. The number of fused-ring (bicyclic) bond motifs is 1. The van der Waals surface area contributed by atoms with E-state index in [1.807, 2.05) is 31.2 Å². The number of pyridine rings is 1. The molecule has 96 valence electrons. The SMILES string of the molecule is Cc1cncc(C(=O)Nc2ccc3c(c2)CCN3)c1. The number of nitrogens with zero attached hydrogens (tertiary/aromatic N) is 1. The van der Waals surface area contributed by atoms with Crippen molar-refractivity contribution in [3.05, 3.63) is 53.3 Å². The van der Waals surface area contributed by atoms with E-state index in [1.165, 1.54) is 5.56 Å². The summed E-state index contributed by atoms with van der Waals surface area (Å²) in [5.41, 5.74) is 4.80. The fraction of sp³-hybridized carbons (Fsp3) is 0.200. The maximum Gasteiger partial charge on any atom is 0.257 e. The zero-order chi connectivity index (χ0) is 13.2. The van der Waals surface area contributed by atoms with Gasteiger partial charge >= 0.3 is 0 Å². The number of rotatable bonds is 2. The molecule has 2 heterocycles. The highest BCUT2D eigenvalue weighted by molar-refractivity contribution is 6.04. The Morgan fingerprint density at radius 3 is 3.05 bits per heavy atom. The molecule has 0 spiro atoms. The van der Waals surface area contributed by atoms with Crippen LogP contribution < -0.4 is 10.6 Å². The van der Waals surface area contributed by atoms with E-state index >= 15 is 0 Å². The number of anilines is 2. The molecule has 0 bridgehead atoms. The van der Waals surface area contributed by atoms with E-state index in [4.69, 9.17) is 0 Å². The predicted molar refractivity (Wildman–Crippen MR) is 75.6 cm³/mol. The molecule has 1 aromatic carbocycles. The lowest BCUT2D eigenvalue weighted by Gasteiger charge is -2.07. The van der Waals surface area contributed by atoms with Crippen LogP contribution in [-0.4, -0.2) is 17.4 Å². The zero-order valence-electron chi connectivity index (χ0n) is 10.7. The first-order chi connectivity index (χ1) is 9.22. The standard InChI is InChI=1S/C15H15N3O/c1-10-6-12(9-16-8-10)15(19)18-13-2-3-14-11(7-13)4-5-17-14/h2-3,6-9,17H,4-5H2,1H3,(H,18,19). The van der Waals surface area contributed by atoms with Gasteiger partial charge in [0.05, 0.1) is 5.56 Å². The first kappa shape index (κ1) is 11.7. The molecule has 1 amide bonds. The van der Waals surface area contributed by atoms with E-state index in [-0.39, 0.29) is 5.91 Å². The number of hydrogen-bond acceptors (Lipinski definition) is 3. The molecule has 4 nitrogen and oxygen atoms in total. The molecule has 0 saturated heterocycles. The summed E-state index contributed by atoms with van der Waals surface area (Å²) in [6, 6.07) is 7.78. The molecule has 0 radical (unpaired) electrons. The number of aryl methyl sites for hydroxylation is 1. The van der Waals surface area contributed by atoms with Gasteiger partial charge in [-0.2, -0.15) is 0 Å². The van der Waals surface area contributed by atoms with Crippen LogP contribution in [0.2, 0.25) is 0 Å². The van der Waals surface area contributed by atoms with Crippen LogP contribution in [0, 0.1) is 6.92 Å². The Bertz CT molecular complexity index is 637. The lowest BCUT2D eigenvalue weighted by Crippen LogP contribution is -2.12. The first-order valence-electron chi connectivity index (χ1n) is 6.32. The molecule has 1 aliphatic heterocycles. The van der Waals surface area contributed by atoms with Gasteiger partial charge in [-0.05, 0) is 48.7 Å². The minimum atomic E-state index is -0.123. The Morgan fingerprint density at radius 1 is 1.32 bits per heavy atom. The first-order valence-corrected chi connectivity index (χ1v) is 6.32. The van der Waals surface area contributed by atoms with Crippen molar-refractivity contribution in [2.24, 2.45) is 0 Å². The molecule has 0 unspecified atom stereocenters. The molecule has 0 fully saturated rings. The van der Waals surface area contributed by atoms with Gasteiger partial charge in [-0.25, -0.2) is 0 Å². The van der Waals surface area contributed by atoms with Gasteiger partial charge in [0.15, 0.2) is 0 Å². The number of aromatic nitrogens is 1. The van der Waals surface area contributed by atoms with Gasteiger partial charge < -0.3 is 10.6 Å². The normalized spacial score (nSPS) is 12.7. The van der Waals surface area contributed by atoms with Crippen LogP contribution in [0.5, 0.6) is 0 Å². The summed E-state index contributed by atoms with van der Waals surface area (Å²) in [7, 11) is 0. The second kappa shape index (κ2) is 4.72. The molecule has 4 heteroatoms. The summed E-state index contributed by atoms with van der Waals surface area (Å²) in [5.74, 6) is -0.123. The molecular formula is C15H15N3O. The fourth-order valence-corrected chi connectivity index (χ4v) is 2.26. The van der Waals surface area contributed by atoms with Crippen molar-refractivity contribution in [2.45, 2.75) is 13.3 Å². The third-order valence-corrected chi connectivity index (χ3v) is 3.21. The minimum Gasteiger partial charge on any atom is -0.384 e. The van der Waals surface area contributed by atoms with E-state index in [9.17, 15) is 4.79 Å². The smallest absolute Gasteiger partial charge is 0.257 e. The van der Waals surface area contributed by atoms with Crippen LogP contribution in [0.15, 0.2) is 36.7 Å². The highest BCUT2D eigenvalue weighted by atomic mass is 16.1. The third kappa shape index (κ3) is 2.42. The number of nitrogens with one attached hydrogen (secondary N) is 2. The van der Waals surface area contributed by atoms with Gasteiger partial charge in [0, 0.05) is 30.3 Å². The van der Waals surface area contributed by atoms with Crippen LogP contribution in [0.25, 0.3) is 0 Å². The summed E-state index contributed by atoms with van der Waals surface area (Å²) in [4.78, 5) is 16.1. The molecule has 19 heavy (non-hydrogen) atoms. The molecule has 2 aromatic rings. The number of carbonyl (C=O) groups excluding carboxylic acids is 1. The Kier molecular flexibility index (Phi) is 2.91. The van der Waals surface area contributed by atoms with Gasteiger partial charge in [0.2, 0.25) is 0 Å². The van der Waals surface area contributed by atoms with E-state index < -0.39 is 0 Å². The lowest BCUT2D eigenvalue weighted by molar-refractivity contribution is 0.102. The molecule has 0 atom stereocenters. The van der Waals surface area contributed by atoms with Gasteiger partial charge in [-0.1, -0.05) is 0 Å². The molecule has 2 N–H and O–H groups in total. The second-order valence-electron chi connectivity index (χ2n) is 4.75. The Morgan fingerprint density at radius 2 is 2.21 bits per heavy atom. The lowest BCUT2D eigenvalue weighted by atomic mass is 10.1. The largest absolute Gasteiger partial charge is 0.384 e. The monoisotopic (exact) mass is 253 g/mol. The number of benzene rings is 1. The van der Waals surface area contributed by atoms with Gasteiger partial charge in [0.1, 0.15) is 0 Å². The van der Waals surface area contributed by atoms with Crippen LogP contribution in [0.4, 0.5) is 11.4 Å². The van der Waals surface area contributed by atoms with Crippen LogP contribution in [-0.2, 0) is 6.42 Å². The van der Waals surface area contributed by atoms with E-state index in [1.54, 1.807) is 12.4 Å². The van der Waals surface area contributed by atoms with Gasteiger partial charge in [0.25, 0.3) is 5.91 Å². The molecule has 3 rings (SSSR count). The Balaban J connectivity index is 1.80. The van der Waals surface area contributed by atoms with Crippen LogP contribution in [0.3, 0.4) is 0 Å². The number of hydrogen-bond donors (Lipinski definition) is 2. The van der Waals surface area contributed by atoms with Crippen molar-refractivity contribution in [2.75, 3.05) is 17.2 Å². The van der Waals surface area contributed by atoms with Crippen molar-refractivity contribution < 1.29 is 4.79 Å². The molecule has 0 saturated carbocycles. The molecular weight excluding hydrogens is 238 g/mol.